The molecule has 1 heterocycles. The molecule has 1 atom stereocenters. The summed E-state index contributed by atoms with van der Waals surface area (Å²) in [6, 6.07) is 10.4. The van der Waals surface area contributed by atoms with E-state index in [-0.39, 0.29) is 24.0 Å². The largest absolute Gasteiger partial charge is 0.396 e. The van der Waals surface area contributed by atoms with E-state index in [0.717, 1.165) is 6.42 Å². The molecule has 1 fully saturated rings. The summed E-state index contributed by atoms with van der Waals surface area (Å²) in [4.78, 5) is 13.7. The molecule has 2 aromatic rings. The van der Waals surface area contributed by atoms with Crippen molar-refractivity contribution in [2.24, 2.45) is 5.41 Å². The number of rotatable bonds is 6. The maximum Gasteiger partial charge on any atom is 0.243 e. The fraction of sp³-hybridized carbons (Fsp3) is 0.476. The maximum absolute atomic E-state index is 13.6. The summed E-state index contributed by atoms with van der Waals surface area (Å²) in [5.41, 5.74) is 0.115. The first-order chi connectivity index (χ1) is 13.7. The molecule has 8 heteroatoms. The van der Waals surface area contributed by atoms with E-state index in [4.69, 9.17) is 0 Å². The molecule has 1 unspecified atom stereocenters. The summed E-state index contributed by atoms with van der Waals surface area (Å²) in [7, 11) is 0.0996. The molecule has 0 saturated carbocycles. The van der Waals surface area contributed by atoms with E-state index in [2.05, 4.69) is 5.32 Å². The van der Waals surface area contributed by atoms with Crippen molar-refractivity contribution in [1.82, 2.24) is 9.21 Å². The van der Waals surface area contributed by atoms with Gasteiger partial charge in [-0.15, -0.1) is 0 Å². The first kappa shape index (κ1) is 21.7. The Kier molecular flexibility index (Phi) is 6.28. The Labute approximate surface area is 172 Å². The van der Waals surface area contributed by atoms with Gasteiger partial charge < -0.3 is 15.3 Å². The molecule has 0 radical (unpaired) electrons. The Morgan fingerprint density at radius 2 is 1.90 bits per heavy atom. The van der Waals surface area contributed by atoms with Crippen molar-refractivity contribution in [2.75, 3.05) is 45.7 Å². The molecule has 1 aliphatic heterocycles. The molecule has 1 aliphatic rings. The van der Waals surface area contributed by atoms with E-state index in [1.54, 1.807) is 30.3 Å². The Morgan fingerprint density at radius 3 is 2.52 bits per heavy atom. The molecule has 0 spiro atoms. The number of anilines is 1. The second kappa shape index (κ2) is 8.39. The van der Waals surface area contributed by atoms with Gasteiger partial charge in [0.25, 0.3) is 0 Å². The SMILES string of the molecule is CC(=O)Nc1ccc(S(=O)(=O)N2CCCC(CO)(CN(C)C)C2)c2ccccc12. The number of aliphatic hydroxyl groups excluding tert-OH is 1. The summed E-state index contributed by atoms with van der Waals surface area (Å²) in [5.74, 6) is -0.210. The van der Waals surface area contributed by atoms with Crippen molar-refractivity contribution in [3.8, 4) is 0 Å². The average Bonchev–Trinajstić information content (AvgIpc) is 2.67. The van der Waals surface area contributed by atoms with Gasteiger partial charge in [-0.25, -0.2) is 8.42 Å². The van der Waals surface area contributed by atoms with Crippen molar-refractivity contribution in [1.29, 1.82) is 0 Å². The number of hydrogen-bond donors (Lipinski definition) is 2. The molecule has 0 aromatic heterocycles. The lowest BCUT2D eigenvalue weighted by atomic mass is 9.81. The topological polar surface area (TPSA) is 90.0 Å². The molecule has 2 N–H and O–H groups in total. The van der Waals surface area contributed by atoms with E-state index in [1.165, 1.54) is 11.2 Å². The maximum atomic E-state index is 13.6. The van der Waals surface area contributed by atoms with Crippen LogP contribution in [0.2, 0.25) is 0 Å². The van der Waals surface area contributed by atoms with E-state index in [1.807, 2.05) is 25.1 Å². The number of hydrogen-bond acceptors (Lipinski definition) is 5. The van der Waals surface area contributed by atoms with E-state index in [0.29, 0.717) is 36.0 Å². The molecular weight excluding hydrogens is 390 g/mol. The highest BCUT2D eigenvalue weighted by atomic mass is 32.2. The van der Waals surface area contributed by atoms with Crippen LogP contribution in [0.15, 0.2) is 41.3 Å². The minimum absolute atomic E-state index is 0.0561. The smallest absolute Gasteiger partial charge is 0.243 e. The molecule has 0 aliphatic carbocycles. The average molecular weight is 420 g/mol. The summed E-state index contributed by atoms with van der Waals surface area (Å²) < 4.78 is 28.6. The molecule has 0 bridgehead atoms. The van der Waals surface area contributed by atoms with Crippen molar-refractivity contribution < 1.29 is 18.3 Å². The normalized spacial score (nSPS) is 20.9. The predicted octanol–water partition coefficient (Wildman–Crippen LogP) is 2.12. The van der Waals surface area contributed by atoms with Gasteiger partial charge in [0.15, 0.2) is 0 Å². The number of sulfonamides is 1. The minimum Gasteiger partial charge on any atom is -0.396 e. The number of carbonyl (C=O) groups is 1. The molecule has 158 valence electrons. The van der Waals surface area contributed by atoms with Crippen molar-refractivity contribution in [3.05, 3.63) is 36.4 Å². The Bertz CT molecular complexity index is 1010. The molecule has 29 heavy (non-hydrogen) atoms. The molecule has 1 saturated heterocycles. The number of piperidine rings is 1. The number of carbonyl (C=O) groups excluding carboxylic acids is 1. The molecular formula is C21H29N3O4S. The van der Waals surface area contributed by atoms with Crippen molar-refractivity contribution in [2.45, 2.75) is 24.7 Å². The number of fused-ring (bicyclic) bond motifs is 1. The van der Waals surface area contributed by atoms with Crippen LogP contribution in [0.3, 0.4) is 0 Å². The summed E-state index contributed by atoms with van der Waals surface area (Å²) in [6.45, 7) is 2.70. The van der Waals surface area contributed by atoms with E-state index >= 15 is 0 Å². The summed E-state index contributed by atoms with van der Waals surface area (Å²) in [6.07, 6.45) is 1.49. The third kappa shape index (κ3) is 4.45. The van der Waals surface area contributed by atoms with Crippen LogP contribution in [0.25, 0.3) is 10.8 Å². The van der Waals surface area contributed by atoms with E-state index in [9.17, 15) is 18.3 Å². The van der Waals surface area contributed by atoms with Gasteiger partial charge in [-0.2, -0.15) is 4.31 Å². The van der Waals surface area contributed by atoms with Gasteiger partial charge in [-0.05, 0) is 39.1 Å². The van der Waals surface area contributed by atoms with Crippen LogP contribution in [0.4, 0.5) is 5.69 Å². The predicted molar refractivity (Wildman–Crippen MR) is 114 cm³/mol. The van der Waals surface area contributed by atoms with Gasteiger partial charge in [-0.3, -0.25) is 4.79 Å². The van der Waals surface area contributed by atoms with Crippen LogP contribution in [0.5, 0.6) is 0 Å². The van der Waals surface area contributed by atoms with Crippen LogP contribution in [0, 0.1) is 5.41 Å². The second-order valence-electron chi connectivity index (χ2n) is 8.18. The van der Waals surface area contributed by atoms with Crippen LogP contribution in [-0.2, 0) is 14.8 Å². The fourth-order valence-electron chi connectivity index (χ4n) is 4.28. The van der Waals surface area contributed by atoms with Gasteiger partial charge in [0.2, 0.25) is 15.9 Å². The number of nitrogens with zero attached hydrogens (tertiary/aromatic N) is 2. The highest BCUT2D eigenvalue weighted by Gasteiger charge is 2.40. The zero-order valence-corrected chi connectivity index (χ0v) is 18.0. The Hall–Kier alpha value is -2.00. The number of nitrogens with one attached hydrogen (secondary N) is 1. The lowest BCUT2D eigenvalue weighted by molar-refractivity contribution is -0.114. The Morgan fingerprint density at radius 1 is 1.21 bits per heavy atom. The molecule has 3 rings (SSSR count). The second-order valence-corrected chi connectivity index (χ2v) is 10.1. The van der Waals surface area contributed by atoms with Crippen molar-refractivity contribution in [3.63, 3.8) is 0 Å². The van der Waals surface area contributed by atoms with Gasteiger partial charge in [-0.1, -0.05) is 24.3 Å². The standard InChI is InChI=1S/C21H29N3O4S/c1-16(26)22-19-9-10-20(18-8-5-4-7-17(18)19)29(27,28)24-12-6-11-21(14-24,15-25)13-23(2)3/h4-5,7-10,25H,6,11-15H2,1-3H3,(H,22,26). The van der Waals surface area contributed by atoms with E-state index < -0.39 is 15.4 Å². The molecule has 2 aromatic carbocycles. The van der Waals surface area contributed by atoms with Gasteiger partial charge in [0.05, 0.1) is 11.5 Å². The highest BCUT2D eigenvalue weighted by molar-refractivity contribution is 7.89. The van der Waals surface area contributed by atoms with Gasteiger partial charge >= 0.3 is 0 Å². The van der Waals surface area contributed by atoms with Crippen LogP contribution in [0.1, 0.15) is 19.8 Å². The summed E-state index contributed by atoms with van der Waals surface area (Å²) >= 11 is 0. The lowest BCUT2D eigenvalue weighted by Crippen LogP contribution is -2.51. The zero-order valence-electron chi connectivity index (χ0n) is 17.2. The first-order valence-corrected chi connectivity index (χ1v) is 11.2. The van der Waals surface area contributed by atoms with Crippen molar-refractivity contribution >= 4 is 32.4 Å². The third-order valence-corrected chi connectivity index (χ3v) is 7.33. The number of benzene rings is 2. The Balaban J connectivity index is 2.03. The summed E-state index contributed by atoms with van der Waals surface area (Å²) in [5, 5.41) is 14.1. The van der Waals surface area contributed by atoms with Gasteiger partial charge in [0.1, 0.15) is 0 Å². The van der Waals surface area contributed by atoms with Crippen LogP contribution in [-0.4, -0.2) is 69.0 Å². The monoisotopic (exact) mass is 419 g/mol. The van der Waals surface area contributed by atoms with Crippen LogP contribution < -0.4 is 5.32 Å². The first-order valence-electron chi connectivity index (χ1n) is 9.74. The lowest BCUT2D eigenvalue weighted by Gasteiger charge is -2.42. The third-order valence-electron chi connectivity index (χ3n) is 5.43. The number of aliphatic hydroxyl groups is 1. The van der Waals surface area contributed by atoms with Gasteiger partial charge in [0, 0.05) is 48.4 Å². The fourth-order valence-corrected chi connectivity index (χ4v) is 6.07. The minimum atomic E-state index is -3.76. The number of amides is 1. The quantitative estimate of drug-likeness (QED) is 0.749. The molecule has 7 nitrogen and oxygen atoms in total. The van der Waals surface area contributed by atoms with Crippen LogP contribution >= 0.6 is 0 Å². The zero-order chi connectivity index (χ0) is 21.2. The highest BCUT2D eigenvalue weighted by Crippen LogP contribution is 2.36. The molecule has 1 amide bonds.